The molecule has 134 valence electrons. The number of rotatable bonds is 7. The molecular formula is C20H18O6. The molecule has 0 unspecified atom stereocenters. The van der Waals surface area contributed by atoms with Gasteiger partial charge in [0, 0.05) is 11.1 Å². The third kappa shape index (κ3) is 4.30. The largest absolute Gasteiger partial charge is 0.504 e. The van der Waals surface area contributed by atoms with Gasteiger partial charge in [0.1, 0.15) is 0 Å². The Labute approximate surface area is 150 Å². The van der Waals surface area contributed by atoms with Crippen LogP contribution in [0.5, 0.6) is 23.0 Å². The van der Waals surface area contributed by atoms with E-state index in [9.17, 15) is 19.8 Å². The Balaban J connectivity index is 2.42. The van der Waals surface area contributed by atoms with E-state index in [1.165, 1.54) is 38.5 Å². The second-order valence-electron chi connectivity index (χ2n) is 5.30. The molecule has 0 aliphatic heterocycles. The lowest BCUT2D eigenvalue weighted by Gasteiger charge is -2.06. The molecule has 0 saturated heterocycles. The van der Waals surface area contributed by atoms with Crippen LogP contribution in [0.1, 0.15) is 11.1 Å². The standard InChI is InChI=1S/C20H18O6/c1-25-19-5-3-13(9-17(19)23)7-15(11-21)16(12-22)8-14-4-6-20(26-2)18(24)10-14/h3-12,23-24H,1-2H3/b15-7-,16-8+. The average molecular weight is 354 g/mol. The van der Waals surface area contributed by atoms with Crippen LogP contribution in [-0.2, 0) is 9.59 Å². The Morgan fingerprint density at radius 3 is 1.42 bits per heavy atom. The highest BCUT2D eigenvalue weighted by Gasteiger charge is 2.08. The highest BCUT2D eigenvalue weighted by molar-refractivity contribution is 6.02. The van der Waals surface area contributed by atoms with Crippen LogP contribution in [0.2, 0.25) is 0 Å². The second-order valence-corrected chi connectivity index (χ2v) is 5.30. The van der Waals surface area contributed by atoms with Gasteiger partial charge in [0.2, 0.25) is 0 Å². The highest BCUT2D eigenvalue weighted by atomic mass is 16.5. The lowest BCUT2D eigenvalue weighted by molar-refractivity contribution is -0.107. The molecular weight excluding hydrogens is 336 g/mol. The monoisotopic (exact) mass is 354 g/mol. The van der Waals surface area contributed by atoms with Crippen molar-refractivity contribution in [2.45, 2.75) is 0 Å². The molecule has 0 saturated carbocycles. The zero-order chi connectivity index (χ0) is 19.1. The van der Waals surface area contributed by atoms with Crippen LogP contribution in [0.3, 0.4) is 0 Å². The third-order valence-corrected chi connectivity index (χ3v) is 3.64. The van der Waals surface area contributed by atoms with Gasteiger partial charge in [-0.05, 0) is 47.5 Å². The van der Waals surface area contributed by atoms with E-state index >= 15 is 0 Å². The number of benzene rings is 2. The number of aromatic hydroxyl groups is 2. The fourth-order valence-electron chi connectivity index (χ4n) is 2.32. The Hall–Kier alpha value is -3.54. The van der Waals surface area contributed by atoms with Crippen molar-refractivity contribution in [2.75, 3.05) is 14.2 Å². The molecule has 6 heteroatoms. The fraction of sp³-hybridized carbons (Fsp3) is 0.100. The first-order chi connectivity index (χ1) is 12.5. The molecule has 0 spiro atoms. The van der Waals surface area contributed by atoms with E-state index in [1.807, 2.05) is 0 Å². The highest BCUT2D eigenvalue weighted by Crippen LogP contribution is 2.29. The maximum atomic E-state index is 11.5. The summed E-state index contributed by atoms with van der Waals surface area (Å²) in [7, 11) is 2.86. The normalized spacial score (nSPS) is 11.8. The van der Waals surface area contributed by atoms with Crippen LogP contribution in [0.15, 0.2) is 47.5 Å². The summed E-state index contributed by atoms with van der Waals surface area (Å²) < 4.78 is 9.93. The minimum absolute atomic E-state index is 0.0804. The van der Waals surface area contributed by atoms with Gasteiger partial charge in [-0.15, -0.1) is 0 Å². The average Bonchev–Trinajstić information content (AvgIpc) is 2.64. The van der Waals surface area contributed by atoms with E-state index in [4.69, 9.17) is 9.47 Å². The first kappa shape index (κ1) is 18.8. The first-order valence-corrected chi connectivity index (χ1v) is 7.60. The molecule has 0 heterocycles. The Bertz CT molecular complexity index is 806. The summed E-state index contributed by atoms with van der Waals surface area (Å²) in [4.78, 5) is 22.9. The number of hydrogen-bond donors (Lipinski definition) is 2. The Kier molecular flexibility index (Phi) is 6.16. The summed E-state index contributed by atoms with van der Waals surface area (Å²) >= 11 is 0. The van der Waals surface area contributed by atoms with E-state index in [2.05, 4.69) is 0 Å². The van der Waals surface area contributed by atoms with Gasteiger partial charge in [-0.1, -0.05) is 12.1 Å². The van der Waals surface area contributed by atoms with Crippen molar-refractivity contribution < 1.29 is 29.3 Å². The predicted molar refractivity (Wildman–Crippen MR) is 97.4 cm³/mol. The van der Waals surface area contributed by atoms with Gasteiger partial charge in [0.05, 0.1) is 14.2 Å². The lowest BCUT2D eigenvalue weighted by atomic mass is 10.0. The molecule has 0 aliphatic rings. The van der Waals surface area contributed by atoms with E-state index in [0.29, 0.717) is 35.2 Å². The Morgan fingerprint density at radius 2 is 1.15 bits per heavy atom. The van der Waals surface area contributed by atoms with E-state index in [1.54, 1.807) is 24.3 Å². The molecule has 2 aromatic rings. The van der Waals surface area contributed by atoms with Gasteiger partial charge in [-0.3, -0.25) is 9.59 Å². The zero-order valence-corrected chi connectivity index (χ0v) is 14.3. The summed E-state index contributed by atoms with van der Waals surface area (Å²) in [5.74, 6) is 0.441. The minimum atomic E-state index is -0.0804. The molecule has 0 bridgehead atoms. The van der Waals surface area contributed by atoms with Gasteiger partial charge in [0.15, 0.2) is 35.6 Å². The summed E-state index contributed by atoms with van der Waals surface area (Å²) in [6.07, 6.45) is 4.03. The number of carbonyl (C=O) groups is 2. The predicted octanol–water partition coefficient (Wildman–Crippen LogP) is 2.98. The molecule has 6 nitrogen and oxygen atoms in total. The molecule has 0 fully saturated rings. The van der Waals surface area contributed by atoms with Crippen LogP contribution < -0.4 is 9.47 Å². The number of allylic oxidation sites excluding steroid dienone is 2. The van der Waals surface area contributed by atoms with Crippen molar-refractivity contribution in [3.8, 4) is 23.0 Å². The molecule has 26 heavy (non-hydrogen) atoms. The van der Waals surface area contributed by atoms with Crippen molar-refractivity contribution >= 4 is 24.7 Å². The molecule has 0 amide bonds. The molecule has 0 radical (unpaired) electrons. The van der Waals surface area contributed by atoms with Gasteiger partial charge >= 0.3 is 0 Å². The van der Waals surface area contributed by atoms with E-state index in [-0.39, 0.29) is 22.6 Å². The van der Waals surface area contributed by atoms with Gasteiger partial charge in [0.25, 0.3) is 0 Å². The van der Waals surface area contributed by atoms with Crippen LogP contribution in [0.4, 0.5) is 0 Å². The minimum Gasteiger partial charge on any atom is -0.504 e. The SMILES string of the molecule is COc1ccc(/C=C(C=O)/C(C=O)=C\c2ccc(OC)c(O)c2)cc1O. The van der Waals surface area contributed by atoms with Crippen molar-refractivity contribution in [1.82, 2.24) is 0 Å². The van der Waals surface area contributed by atoms with E-state index < -0.39 is 0 Å². The topological polar surface area (TPSA) is 93.1 Å². The Morgan fingerprint density at radius 1 is 0.769 bits per heavy atom. The van der Waals surface area contributed by atoms with Crippen molar-refractivity contribution in [2.24, 2.45) is 0 Å². The van der Waals surface area contributed by atoms with Crippen LogP contribution in [-0.4, -0.2) is 37.0 Å². The molecule has 0 atom stereocenters. The van der Waals surface area contributed by atoms with Crippen molar-refractivity contribution in [3.05, 3.63) is 58.7 Å². The maximum Gasteiger partial charge on any atom is 0.160 e. The van der Waals surface area contributed by atoms with Crippen LogP contribution in [0.25, 0.3) is 12.2 Å². The number of hydrogen-bond acceptors (Lipinski definition) is 6. The van der Waals surface area contributed by atoms with E-state index in [0.717, 1.165) is 0 Å². The summed E-state index contributed by atoms with van der Waals surface area (Å²) in [6, 6.07) is 9.23. The van der Waals surface area contributed by atoms with Crippen LogP contribution >= 0.6 is 0 Å². The smallest absolute Gasteiger partial charge is 0.160 e. The van der Waals surface area contributed by atoms with Crippen molar-refractivity contribution in [1.29, 1.82) is 0 Å². The maximum absolute atomic E-state index is 11.5. The van der Waals surface area contributed by atoms with Crippen molar-refractivity contribution in [3.63, 3.8) is 0 Å². The first-order valence-electron chi connectivity index (χ1n) is 7.60. The molecule has 2 aromatic carbocycles. The number of phenolic OH excluding ortho intramolecular Hbond substituents is 2. The van der Waals surface area contributed by atoms with Gasteiger partial charge in [-0.25, -0.2) is 0 Å². The zero-order valence-electron chi connectivity index (χ0n) is 14.3. The number of carbonyl (C=O) groups excluding carboxylic acids is 2. The molecule has 0 aromatic heterocycles. The number of methoxy groups -OCH3 is 2. The fourth-order valence-corrected chi connectivity index (χ4v) is 2.32. The summed E-state index contributed by atoms with van der Waals surface area (Å²) in [5.41, 5.74) is 1.30. The number of aldehydes is 2. The molecule has 0 aliphatic carbocycles. The number of phenols is 2. The van der Waals surface area contributed by atoms with Crippen LogP contribution in [0, 0.1) is 0 Å². The summed E-state index contributed by atoms with van der Waals surface area (Å²) in [6.45, 7) is 0. The van der Waals surface area contributed by atoms with Gasteiger partial charge < -0.3 is 19.7 Å². The third-order valence-electron chi connectivity index (χ3n) is 3.64. The number of ether oxygens (including phenoxy) is 2. The van der Waals surface area contributed by atoms with Gasteiger partial charge in [-0.2, -0.15) is 0 Å². The lowest BCUT2D eigenvalue weighted by Crippen LogP contribution is -1.94. The second kappa shape index (κ2) is 8.53. The molecule has 2 rings (SSSR count). The molecule has 2 N–H and O–H groups in total. The summed E-state index contributed by atoms with van der Waals surface area (Å²) in [5, 5.41) is 19.6. The quantitative estimate of drug-likeness (QED) is 0.451.